The molecule has 8 heteroatoms. The molecule has 0 spiro atoms. The molecule has 1 unspecified atom stereocenters. The Bertz CT molecular complexity index is 1200. The molecule has 1 aliphatic rings. The summed E-state index contributed by atoms with van der Waals surface area (Å²) in [5.41, 5.74) is 0.984. The first-order chi connectivity index (χ1) is 14.4. The Balaban J connectivity index is 1.95. The van der Waals surface area contributed by atoms with E-state index in [2.05, 4.69) is 4.98 Å². The van der Waals surface area contributed by atoms with Crippen molar-refractivity contribution in [2.75, 3.05) is 4.90 Å². The largest absolute Gasteiger partial charge is 0.507 e. The van der Waals surface area contributed by atoms with Crippen LogP contribution >= 0.6 is 34.8 Å². The fourth-order valence-corrected chi connectivity index (χ4v) is 3.82. The lowest BCUT2D eigenvalue weighted by Gasteiger charge is -2.24. The van der Waals surface area contributed by atoms with Crippen molar-refractivity contribution < 1.29 is 14.7 Å². The number of ketones is 1. The summed E-state index contributed by atoms with van der Waals surface area (Å²) in [4.78, 5) is 31.6. The maximum absolute atomic E-state index is 13.0. The van der Waals surface area contributed by atoms with Gasteiger partial charge in [-0.05, 0) is 48.5 Å². The Morgan fingerprint density at radius 3 is 2.40 bits per heavy atom. The molecule has 1 aliphatic heterocycles. The molecule has 5 nitrogen and oxygen atoms in total. The van der Waals surface area contributed by atoms with Gasteiger partial charge in [-0.15, -0.1) is 0 Å². The average Bonchev–Trinajstić information content (AvgIpc) is 3.01. The highest BCUT2D eigenvalue weighted by Gasteiger charge is 2.47. The zero-order valence-electron chi connectivity index (χ0n) is 15.2. The second-order valence-electron chi connectivity index (χ2n) is 6.53. The number of rotatable bonds is 3. The number of aliphatic hydroxyl groups excluding tert-OH is 1. The topological polar surface area (TPSA) is 70.5 Å². The van der Waals surface area contributed by atoms with Crippen LogP contribution in [0.15, 0.2) is 72.4 Å². The molecule has 1 aromatic heterocycles. The molecule has 0 radical (unpaired) electrons. The van der Waals surface area contributed by atoms with Crippen molar-refractivity contribution in [2.45, 2.75) is 6.04 Å². The van der Waals surface area contributed by atoms with Gasteiger partial charge in [0.15, 0.2) is 0 Å². The van der Waals surface area contributed by atoms with Crippen LogP contribution in [0, 0.1) is 0 Å². The number of amides is 1. The first-order valence-corrected chi connectivity index (χ1v) is 9.95. The number of carbonyl (C=O) groups is 2. The minimum Gasteiger partial charge on any atom is -0.507 e. The van der Waals surface area contributed by atoms with E-state index in [1.54, 1.807) is 48.7 Å². The van der Waals surface area contributed by atoms with Crippen molar-refractivity contribution in [3.8, 4) is 0 Å². The van der Waals surface area contributed by atoms with Gasteiger partial charge in [0.25, 0.3) is 11.7 Å². The summed E-state index contributed by atoms with van der Waals surface area (Å²) in [6.45, 7) is 0. The minimum atomic E-state index is -0.945. The molecule has 0 bridgehead atoms. The van der Waals surface area contributed by atoms with E-state index in [9.17, 15) is 14.7 Å². The van der Waals surface area contributed by atoms with E-state index in [-0.39, 0.29) is 21.9 Å². The molecule has 2 heterocycles. The summed E-state index contributed by atoms with van der Waals surface area (Å²) in [5, 5.41) is 11.9. The van der Waals surface area contributed by atoms with Crippen LogP contribution in [-0.4, -0.2) is 21.8 Å². The lowest BCUT2D eigenvalue weighted by molar-refractivity contribution is -0.132. The van der Waals surface area contributed by atoms with Crippen LogP contribution in [0.3, 0.4) is 0 Å². The molecule has 1 N–H and O–H groups in total. The quantitative estimate of drug-likeness (QED) is 0.311. The molecule has 1 saturated heterocycles. The maximum atomic E-state index is 13.0. The fraction of sp³-hybridized carbons (Fsp3) is 0.0455. The Labute approximate surface area is 187 Å². The van der Waals surface area contributed by atoms with Gasteiger partial charge in [-0.1, -0.05) is 46.9 Å². The third-order valence-electron chi connectivity index (χ3n) is 4.69. The van der Waals surface area contributed by atoms with Gasteiger partial charge in [0.2, 0.25) is 0 Å². The Morgan fingerprint density at radius 1 is 0.933 bits per heavy atom. The van der Waals surface area contributed by atoms with E-state index in [0.717, 1.165) is 0 Å². The molecule has 1 amide bonds. The number of aromatic nitrogens is 1. The van der Waals surface area contributed by atoms with Gasteiger partial charge in [-0.25, -0.2) is 0 Å². The zero-order valence-corrected chi connectivity index (χ0v) is 17.5. The summed E-state index contributed by atoms with van der Waals surface area (Å²) >= 11 is 18.1. The lowest BCUT2D eigenvalue weighted by atomic mass is 9.98. The van der Waals surface area contributed by atoms with Gasteiger partial charge in [0.05, 0.1) is 21.3 Å². The second-order valence-corrected chi connectivity index (χ2v) is 7.78. The van der Waals surface area contributed by atoms with E-state index >= 15 is 0 Å². The predicted molar refractivity (Wildman–Crippen MR) is 117 cm³/mol. The SMILES string of the molecule is O=C1C(=O)N(c2cccc(Cl)c2)C(c2ccccn2)/C1=C(\O)c1ccc(Cl)c(Cl)c1. The third-order valence-corrected chi connectivity index (χ3v) is 5.67. The van der Waals surface area contributed by atoms with Crippen LogP contribution in [0.1, 0.15) is 17.3 Å². The highest BCUT2D eigenvalue weighted by molar-refractivity contribution is 6.52. The van der Waals surface area contributed by atoms with Gasteiger partial charge >= 0.3 is 0 Å². The Hall–Kier alpha value is -2.86. The molecule has 30 heavy (non-hydrogen) atoms. The van der Waals surface area contributed by atoms with Gasteiger partial charge in [-0.3, -0.25) is 19.5 Å². The van der Waals surface area contributed by atoms with Gasteiger partial charge in [0.1, 0.15) is 11.8 Å². The Kier molecular flexibility index (Phi) is 5.52. The van der Waals surface area contributed by atoms with E-state index in [4.69, 9.17) is 34.8 Å². The number of halogens is 3. The molecule has 2 aromatic carbocycles. The molecule has 4 rings (SSSR count). The molecular weight excluding hydrogens is 447 g/mol. The normalized spacial score (nSPS) is 18.1. The number of anilines is 1. The number of aliphatic hydroxyl groups is 1. The number of carbonyl (C=O) groups excluding carboxylic acids is 2. The minimum absolute atomic E-state index is 0.0999. The van der Waals surface area contributed by atoms with Crippen LogP contribution in [-0.2, 0) is 9.59 Å². The first-order valence-electron chi connectivity index (χ1n) is 8.81. The smallest absolute Gasteiger partial charge is 0.300 e. The monoisotopic (exact) mass is 458 g/mol. The highest BCUT2D eigenvalue weighted by Crippen LogP contribution is 2.42. The lowest BCUT2D eigenvalue weighted by Crippen LogP contribution is -2.29. The van der Waals surface area contributed by atoms with E-state index in [0.29, 0.717) is 21.4 Å². The predicted octanol–water partition coefficient (Wildman–Crippen LogP) is 5.67. The first kappa shape index (κ1) is 20.4. The molecule has 1 fully saturated rings. The van der Waals surface area contributed by atoms with E-state index in [1.165, 1.54) is 23.1 Å². The van der Waals surface area contributed by atoms with Crippen LogP contribution in [0.2, 0.25) is 15.1 Å². The second kappa shape index (κ2) is 8.11. The molecule has 3 aromatic rings. The van der Waals surface area contributed by atoms with Crippen molar-refractivity contribution >= 4 is 57.9 Å². The standard InChI is InChI=1S/C22H13Cl3N2O3/c23-13-4-3-5-14(11-13)27-19(17-6-1-2-9-26-17)18(21(29)22(27)30)20(28)12-7-8-15(24)16(25)10-12/h1-11,19,28H/b20-18+. The zero-order chi connectivity index (χ0) is 21.4. The summed E-state index contributed by atoms with van der Waals surface area (Å²) in [7, 11) is 0. The molecule has 1 atom stereocenters. The molecule has 0 saturated carbocycles. The summed E-state index contributed by atoms with van der Waals surface area (Å²) in [5.74, 6) is -2.00. The van der Waals surface area contributed by atoms with Gasteiger partial charge < -0.3 is 5.11 Å². The number of hydrogen-bond acceptors (Lipinski definition) is 4. The van der Waals surface area contributed by atoms with Crippen molar-refractivity contribution in [2.24, 2.45) is 0 Å². The number of pyridine rings is 1. The fourth-order valence-electron chi connectivity index (χ4n) is 3.34. The van der Waals surface area contributed by atoms with E-state index in [1.807, 2.05) is 0 Å². The number of nitrogens with zero attached hydrogens (tertiary/aromatic N) is 2. The van der Waals surface area contributed by atoms with Crippen molar-refractivity contribution in [3.63, 3.8) is 0 Å². The van der Waals surface area contributed by atoms with Crippen LogP contribution in [0.5, 0.6) is 0 Å². The maximum Gasteiger partial charge on any atom is 0.300 e. The van der Waals surface area contributed by atoms with Crippen molar-refractivity contribution in [1.29, 1.82) is 0 Å². The van der Waals surface area contributed by atoms with Crippen molar-refractivity contribution in [3.05, 3.63) is 98.8 Å². The van der Waals surface area contributed by atoms with Crippen molar-refractivity contribution in [1.82, 2.24) is 4.98 Å². The molecule has 0 aliphatic carbocycles. The average molecular weight is 460 g/mol. The number of hydrogen-bond donors (Lipinski definition) is 1. The van der Waals surface area contributed by atoms with Gasteiger partial charge in [0, 0.05) is 22.5 Å². The number of benzene rings is 2. The van der Waals surface area contributed by atoms with Crippen LogP contribution in [0.25, 0.3) is 5.76 Å². The summed E-state index contributed by atoms with van der Waals surface area (Å²) in [6, 6.07) is 15.2. The third kappa shape index (κ3) is 3.56. The molecule has 150 valence electrons. The van der Waals surface area contributed by atoms with Crippen LogP contribution < -0.4 is 4.90 Å². The van der Waals surface area contributed by atoms with Gasteiger partial charge in [-0.2, -0.15) is 0 Å². The molecular formula is C22H13Cl3N2O3. The summed E-state index contributed by atoms with van der Waals surface area (Å²) in [6.07, 6.45) is 1.55. The Morgan fingerprint density at radius 2 is 1.73 bits per heavy atom. The van der Waals surface area contributed by atoms with E-state index < -0.39 is 17.7 Å². The van der Waals surface area contributed by atoms with Crippen LogP contribution in [0.4, 0.5) is 5.69 Å². The number of Topliss-reactive ketones (excluding diaryl/α,β-unsaturated/α-hetero) is 1. The summed E-state index contributed by atoms with van der Waals surface area (Å²) < 4.78 is 0. The highest BCUT2D eigenvalue weighted by atomic mass is 35.5.